The second-order valence-corrected chi connectivity index (χ2v) is 5.61. The normalized spacial score (nSPS) is 10.3. The van der Waals surface area contributed by atoms with Gasteiger partial charge in [-0.1, -0.05) is 15.9 Å². The molecule has 6 heteroatoms. The van der Waals surface area contributed by atoms with Crippen LogP contribution in [0.15, 0.2) is 47.1 Å². The summed E-state index contributed by atoms with van der Waals surface area (Å²) < 4.78 is 6.58. The first-order valence-electron chi connectivity index (χ1n) is 7.07. The SMILES string of the molecule is NCCCCNC(=O)c1ccc(Oc2ccc(Br)cc2)nc1. The minimum absolute atomic E-state index is 0.139. The summed E-state index contributed by atoms with van der Waals surface area (Å²) in [5, 5.41) is 2.83. The van der Waals surface area contributed by atoms with E-state index in [4.69, 9.17) is 10.5 Å². The highest BCUT2D eigenvalue weighted by molar-refractivity contribution is 9.10. The molecule has 116 valence electrons. The molecular weight excluding hydrogens is 346 g/mol. The van der Waals surface area contributed by atoms with Gasteiger partial charge in [-0.05, 0) is 49.7 Å². The zero-order valence-corrected chi connectivity index (χ0v) is 13.7. The summed E-state index contributed by atoms with van der Waals surface area (Å²) in [5.74, 6) is 0.997. The second kappa shape index (κ2) is 8.51. The molecule has 1 amide bonds. The smallest absolute Gasteiger partial charge is 0.252 e. The minimum atomic E-state index is -0.139. The van der Waals surface area contributed by atoms with E-state index in [0.717, 1.165) is 17.3 Å². The van der Waals surface area contributed by atoms with Crippen molar-refractivity contribution in [2.24, 2.45) is 5.73 Å². The van der Waals surface area contributed by atoms with Gasteiger partial charge in [0.2, 0.25) is 5.88 Å². The van der Waals surface area contributed by atoms with Gasteiger partial charge in [-0.3, -0.25) is 4.79 Å². The highest BCUT2D eigenvalue weighted by Crippen LogP contribution is 2.21. The monoisotopic (exact) mass is 363 g/mol. The van der Waals surface area contributed by atoms with Crippen LogP contribution in [0.25, 0.3) is 0 Å². The molecule has 0 spiro atoms. The molecule has 2 rings (SSSR count). The number of carbonyl (C=O) groups excluding carboxylic acids is 1. The van der Waals surface area contributed by atoms with E-state index in [9.17, 15) is 4.79 Å². The van der Waals surface area contributed by atoms with Crippen LogP contribution in [0.3, 0.4) is 0 Å². The number of nitrogens with one attached hydrogen (secondary N) is 1. The number of nitrogens with two attached hydrogens (primary N) is 1. The molecule has 0 aliphatic carbocycles. The summed E-state index contributed by atoms with van der Waals surface area (Å²) in [4.78, 5) is 16.0. The van der Waals surface area contributed by atoms with Crippen molar-refractivity contribution in [3.8, 4) is 11.6 Å². The molecule has 0 unspecified atom stereocenters. The topological polar surface area (TPSA) is 77.2 Å². The Morgan fingerprint density at radius 1 is 1.18 bits per heavy atom. The lowest BCUT2D eigenvalue weighted by Gasteiger charge is -2.07. The van der Waals surface area contributed by atoms with Crippen LogP contribution in [-0.4, -0.2) is 24.0 Å². The molecule has 0 aliphatic heterocycles. The lowest BCUT2D eigenvalue weighted by molar-refractivity contribution is 0.0952. The molecule has 0 bridgehead atoms. The molecule has 2 aromatic rings. The molecule has 3 N–H and O–H groups in total. The third-order valence-electron chi connectivity index (χ3n) is 2.95. The molecule has 1 heterocycles. The van der Waals surface area contributed by atoms with Gasteiger partial charge in [0.25, 0.3) is 5.91 Å². The highest BCUT2D eigenvalue weighted by Gasteiger charge is 2.06. The fourth-order valence-electron chi connectivity index (χ4n) is 1.77. The van der Waals surface area contributed by atoms with E-state index in [0.29, 0.717) is 30.3 Å². The summed E-state index contributed by atoms with van der Waals surface area (Å²) in [6.07, 6.45) is 3.28. The van der Waals surface area contributed by atoms with E-state index in [1.807, 2.05) is 24.3 Å². The van der Waals surface area contributed by atoms with Crippen molar-refractivity contribution >= 4 is 21.8 Å². The Bertz CT molecular complexity index is 600. The second-order valence-electron chi connectivity index (χ2n) is 4.69. The third kappa shape index (κ3) is 5.13. The van der Waals surface area contributed by atoms with E-state index >= 15 is 0 Å². The summed E-state index contributed by atoms with van der Waals surface area (Å²) >= 11 is 3.36. The number of nitrogens with zero attached hydrogens (tertiary/aromatic N) is 1. The van der Waals surface area contributed by atoms with Gasteiger partial charge >= 0.3 is 0 Å². The number of pyridine rings is 1. The average molecular weight is 364 g/mol. The van der Waals surface area contributed by atoms with Crippen LogP contribution in [-0.2, 0) is 0 Å². The standard InChI is InChI=1S/C16H18BrN3O2/c17-13-4-6-14(7-5-13)22-15-8-3-12(11-20-15)16(21)19-10-2-1-9-18/h3-8,11H,1-2,9-10,18H2,(H,19,21). The summed E-state index contributed by atoms with van der Waals surface area (Å²) in [6, 6.07) is 10.8. The van der Waals surface area contributed by atoms with Gasteiger partial charge in [-0.2, -0.15) is 0 Å². The number of hydrogen-bond acceptors (Lipinski definition) is 4. The quantitative estimate of drug-likeness (QED) is 0.740. The van der Waals surface area contributed by atoms with Gasteiger partial charge in [-0.15, -0.1) is 0 Å². The fraction of sp³-hybridized carbons (Fsp3) is 0.250. The largest absolute Gasteiger partial charge is 0.439 e. The lowest BCUT2D eigenvalue weighted by Crippen LogP contribution is -2.24. The van der Waals surface area contributed by atoms with Crippen LogP contribution in [0.1, 0.15) is 23.2 Å². The van der Waals surface area contributed by atoms with E-state index in [1.165, 1.54) is 6.20 Å². The first-order valence-corrected chi connectivity index (χ1v) is 7.86. The van der Waals surface area contributed by atoms with Gasteiger partial charge in [0.15, 0.2) is 0 Å². The molecule has 0 saturated heterocycles. The predicted octanol–water partition coefficient (Wildman–Crippen LogP) is 3.11. The maximum absolute atomic E-state index is 11.9. The first-order chi connectivity index (χ1) is 10.7. The molecule has 0 aliphatic rings. The minimum Gasteiger partial charge on any atom is -0.439 e. The van der Waals surface area contributed by atoms with Crippen molar-refractivity contribution in [1.82, 2.24) is 10.3 Å². The van der Waals surface area contributed by atoms with Crippen LogP contribution in [0.5, 0.6) is 11.6 Å². The molecular formula is C16H18BrN3O2. The molecule has 0 fully saturated rings. The zero-order chi connectivity index (χ0) is 15.8. The van der Waals surface area contributed by atoms with Gasteiger partial charge < -0.3 is 15.8 Å². The summed E-state index contributed by atoms with van der Waals surface area (Å²) in [6.45, 7) is 1.26. The Morgan fingerprint density at radius 3 is 2.59 bits per heavy atom. The number of carbonyl (C=O) groups is 1. The zero-order valence-electron chi connectivity index (χ0n) is 12.1. The molecule has 0 saturated carbocycles. The lowest BCUT2D eigenvalue weighted by atomic mass is 10.2. The number of benzene rings is 1. The van der Waals surface area contributed by atoms with Gasteiger partial charge in [0.05, 0.1) is 5.56 Å². The summed E-state index contributed by atoms with van der Waals surface area (Å²) in [5.41, 5.74) is 5.92. The highest BCUT2D eigenvalue weighted by atomic mass is 79.9. The van der Waals surface area contributed by atoms with Crippen molar-refractivity contribution < 1.29 is 9.53 Å². The summed E-state index contributed by atoms with van der Waals surface area (Å²) in [7, 11) is 0. The van der Waals surface area contributed by atoms with Crippen molar-refractivity contribution in [3.63, 3.8) is 0 Å². The molecule has 0 atom stereocenters. The molecule has 22 heavy (non-hydrogen) atoms. The number of halogens is 1. The van der Waals surface area contributed by atoms with Crippen LogP contribution >= 0.6 is 15.9 Å². The van der Waals surface area contributed by atoms with Gasteiger partial charge in [0, 0.05) is 23.3 Å². The molecule has 0 radical (unpaired) electrons. The number of hydrogen-bond donors (Lipinski definition) is 2. The van der Waals surface area contributed by atoms with E-state index in [1.54, 1.807) is 12.1 Å². The third-order valence-corrected chi connectivity index (χ3v) is 3.48. The van der Waals surface area contributed by atoms with E-state index in [2.05, 4.69) is 26.2 Å². The Morgan fingerprint density at radius 2 is 1.95 bits per heavy atom. The molecule has 1 aromatic heterocycles. The van der Waals surface area contributed by atoms with Crippen molar-refractivity contribution in [1.29, 1.82) is 0 Å². The average Bonchev–Trinajstić information content (AvgIpc) is 2.54. The Labute approximate surface area is 138 Å². The number of aromatic nitrogens is 1. The molecule has 1 aromatic carbocycles. The number of unbranched alkanes of at least 4 members (excludes halogenated alkanes) is 1. The fourth-order valence-corrected chi connectivity index (χ4v) is 2.04. The van der Waals surface area contributed by atoms with Crippen molar-refractivity contribution in [2.75, 3.05) is 13.1 Å². The Balaban J connectivity index is 1.89. The van der Waals surface area contributed by atoms with Crippen LogP contribution in [0, 0.1) is 0 Å². The van der Waals surface area contributed by atoms with Gasteiger partial charge in [-0.25, -0.2) is 4.98 Å². The first kappa shape index (κ1) is 16.5. The van der Waals surface area contributed by atoms with Gasteiger partial charge in [0.1, 0.15) is 5.75 Å². The maximum Gasteiger partial charge on any atom is 0.252 e. The van der Waals surface area contributed by atoms with E-state index in [-0.39, 0.29) is 5.91 Å². The Kier molecular flexibility index (Phi) is 6.36. The Hall–Kier alpha value is -1.92. The van der Waals surface area contributed by atoms with Crippen LogP contribution in [0.4, 0.5) is 0 Å². The molecule has 5 nitrogen and oxygen atoms in total. The van der Waals surface area contributed by atoms with E-state index < -0.39 is 0 Å². The number of rotatable bonds is 7. The predicted molar refractivity (Wildman–Crippen MR) is 89.1 cm³/mol. The van der Waals surface area contributed by atoms with Crippen molar-refractivity contribution in [3.05, 3.63) is 52.6 Å². The maximum atomic E-state index is 11.9. The number of amides is 1. The van der Waals surface area contributed by atoms with Crippen LogP contribution in [0.2, 0.25) is 0 Å². The number of ether oxygens (including phenoxy) is 1. The van der Waals surface area contributed by atoms with Crippen LogP contribution < -0.4 is 15.8 Å². The van der Waals surface area contributed by atoms with Crippen molar-refractivity contribution in [2.45, 2.75) is 12.8 Å².